The van der Waals surface area contributed by atoms with E-state index in [1.807, 2.05) is 68.6 Å². The minimum Gasteiger partial charge on any atom is -0.315 e. The summed E-state index contributed by atoms with van der Waals surface area (Å²) in [5.74, 6) is 0.101. The third-order valence-corrected chi connectivity index (χ3v) is 4.58. The summed E-state index contributed by atoms with van der Waals surface area (Å²) in [5, 5.41) is -0.124. The van der Waals surface area contributed by atoms with E-state index in [-0.39, 0.29) is 11.2 Å². The van der Waals surface area contributed by atoms with Crippen LogP contribution in [0.25, 0.3) is 0 Å². The number of halogens is 1. The lowest BCUT2D eigenvalue weighted by Gasteiger charge is -2.21. The summed E-state index contributed by atoms with van der Waals surface area (Å²) in [6.45, 7) is 1.94. The second kappa shape index (κ2) is 6.95. The monoisotopic (exact) mass is 349 g/mol. The number of para-hydroxylation sites is 1. The van der Waals surface area contributed by atoms with Crippen molar-refractivity contribution in [2.24, 2.45) is 0 Å². The second-order valence-corrected chi connectivity index (χ2v) is 6.78. The zero-order chi connectivity index (χ0) is 14.5. The Morgan fingerprint density at radius 2 is 1.70 bits per heavy atom. The van der Waals surface area contributed by atoms with Crippen molar-refractivity contribution in [3.8, 4) is 0 Å². The van der Waals surface area contributed by atoms with Crippen LogP contribution in [0.2, 0.25) is 0 Å². The lowest BCUT2D eigenvalue weighted by Crippen LogP contribution is -2.33. The molecule has 4 heteroatoms. The van der Waals surface area contributed by atoms with Gasteiger partial charge in [0.25, 0.3) is 0 Å². The Labute approximate surface area is 132 Å². The van der Waals surface area contributed by atoms with Gasteiger partial charge in [-0.2, -0.15) is 0 Å². The fraction of sp³-hybridized carbons (Fsp3) is 0.188. The molecule has 2 nitrogen and oxygen atoms in total. The first-order valence-electron chi connectivity index (χ1n) is 6.33. The highest BCUT2D eigenvalue weighted by atomic mass is 79.9. The number of hydrogen-bond acceptors (Lipinski definition) is 2. The lowest BCUT2D eigenvalue weighted by atomic mass is 10.3. The van der Waals surface area contributed by atoms with Gasteiger partial charge in [-0.05, 0) is 43.3 Å². The standard InChI is InChI=1S/C16H16BrNOS/c1-12(20-15-10-8-13(17)9-11-15)16(19)18(2)14-6-4-3-5-7-14/h3-12H,1-2H3. The van der Waals surface area contributed by atoms with Crippen LogP contribution in [0.4, 0.5) is 5.69 Å². The number of carbonyl (C=O) groups is 1. The van der Waals surface area contributed by atoms with Crippen LogP contribution in [0.1, 0.15) is 6.92 Å². The van der Waals surface area contributed by atoms with Gasteiger partial charge in [0.05, 0.1) is 5.25 Å². The third-order valence-electron chi connectivity index (χ3n) is 2.95. The summed E-state index contributed by atoms with van der Waals surface area (Å²) in [6, 6.07) is 17.7. The van der Waals surface area contributed by atoms with Gasteiger partial charge in [-0.25, -0.2) is 0 Å². The molecular weight excluding hydrogens is 334 g/mol. The quantitative estimate of drug-likeness (QED) is 0.752. The highest BCUT2D eigenvalue weighted by Crippen LogP contribution is 2.26. The Morgan fingerprint density at radius 3 is 2.30 bits per heavy atom. The number of anilines is 1. The molecule has 0 N–H and O–H groups in total. The van der Waals surface area contributed by atoms with E-state index in [1.165, 1.54) is 0 Å². The Morgan fingerprint density at radius 1 is 1.10 bits per heavy atom. The predicted molar refractivity (Wildman–Crippen MR) is 89.3 cm³/mol. The third kappa shape index (κ3) is 3.87. The van der Waals surface area contributed by atoms with Crippen LogP contribution in [-0.2, 0) is 4.79 Å². The summed E-state index contributed by atoms with van der Waals surface area (Å²) in [5.41, 5.74) is 0.917. The van der Waals surface area contributed by atoms with Crippen LogP contribution < -0.4 is 4.90 Å². The van der Waals surface area contributed by atoms with Gasteiger partial charge in [0, 0.05) is 22.1 Å². The summed E-state index contributed by atoms with van der Waals surface area (Å²) < 4.78 is 1.04. The van der Waals surface area contributed by atoms with Crippen LogP contribution in [0, 0.1) is 0 Å². The average Bonchev–Trinajstić information content (AvgIpc) is 2.49. The number of rotatable bonds is 4. The van der Waals surface area contributed by atoms with Crippen molar-refractivity contribution in [2.75, 3.05) is 11.9 Å². The molecule has 1 amide bonds. The molecular formula is C16H16BrNOS. The highest BCUT2D eigenvalue weighted by molar-refractivity contribution is 9.10. The molecule has 0 saturated heterocycles. The average molecular weight is 350 g/mol. The van der Waals surface area contributed by atoms with Crippen LogP contribution in [0.3, 0.4) is 0 Å². The summed E-state index contributed by atoms with van der Waals surface area (Å²) in [4.78, 5) is 15.2. The summed E-state index contributed by atoms with van der Waals surface area (Å²) in [7, 11) is 1.82. The molecule has 104 valence electrons. The van der Waals surface area contributed by atoms with Gasteiger partial charge in [0.2, 0.25) is 5.91 Å². The minimum absolute atomic E-state index is 0.101. The van der Waals surface area contributed by atoms with Crippen molar-refractivity contribution in [2.45, 2.75) is 17.1 Å². The van der Waals surface area contributed by atoms with Gasteiger partial charge in [0.15, 0.2) is 0 Å². The Hall–Kier alpha value is -1.26. The SMILES string of the molecule is CC(Sc1ccc(Br)cc1)C(=O)N(C)c1ccccc1. The Balaban J connectivity index is 2.03. The maximum Gasteiger partial charge on any atom is 0.239 e. The van der Waals surface area contributed by atoms with Gasteiger partial charge in [-0.1, -0.05) is 34.1 Å². The normalized spacial score (nSPS) is 11.9. The molecule has 20 heavy (non-hydrogen) atoms. The molecule has 0 aromatic heterocycles. The maximum atomic E-state index is 12.4. The van der Waals surface area contributed by atoms with Gasteiger partial charge in [0.1, 0.15) is 0 Å². The molecule has 2 aromatic carbocycles. The topological polar surface area (TPSA) is 20.3 Å². The summed E-state index contributed by atoms with van der Waals surface area (Å²) >= 11 is 4.98. The Kier molecular flexibility index (Phi) is 5.26. The first-order chi connectivity index (χ1) is 9.58. The molecule has 1 unspecified atom stereocenters. The molecule has 0 aliphatic rings. The van der Waals surface area contributed by atoms with Gasteiger partial charge >= 0.3 is 0 Å². The largest absolute Gasteiger partial charge is 0.315 e. The highest BCUT2D eigenvalue weighted by Gasteiger charge is 2.19. The van der Waals surface area contributed by atoms with Gasteiger partial charge in [-0.15, -0.1) is 11.8 Å². The van der Waals surface area contributed by atoms with Crippen molar-refractivity contribution in [3.63, 3.8) is 0 Å². The molecule has 1 atom stereocenters. The maximum absolute atomic E-state index is 12.4. The molecule has 0 heterocycles. The zero-order valence-electron chi connectivity index (χ0n) is 11.4. The molecule has 0 saturated carbocycles. The number of hydrogen-bond donors (Lipinski definition) is 0. The molecule has 0 fully saturated rings. The fourth-order valence-corrected chi connectivity index (χ4v) is 3.04. The Bertz CT molecular complexity index is 571. The number of benzene rings is 2. The summed E-state index contributed by atoms with van der Waals surface area (Å²) in [6.07, 6.45) is 0. The van der Waals surface area contributed by atoms with Crippen LogP contribution in [0.5, 0.6) is 0 Å². The molecule has 0 spiro atoms. The molecule has 0 aliphatic carbocycles. The van der Waals surface area contributed by atoms with E-state index in [0.29, 0.717) is 0 Å². The zero-order valence-corrected chi connectivity index (χ0v) is 13.8. The molecule has 0 aliphatic heterocycles. The molecule has 2 rings (SSSR count). The number of thioether (sulfide) groups is 1. The van der Waals surface area contributed by atoms with E-state index in [4.69, 9.17) is 0 Å². The van der Waals surface area contributed by atoms with Crippen molar-refractivity contribution in [1.29, 1.82) is 0 Å². The number of nitrogens with zero attached hydrogens (tertiary/aromatic N) is 1. The van der Waals surface area contributed by atoms with Crippen LogP contribution in [0.15, 0.2) is 64.0 Å². The first kappa shape index (κ1) is 15.1. The first-order valence-corrected chi connectivity index (χ1v) is 8.00. The molecule has 0 radical (unpaired) electrons. The van der Waals surface area contributed by atoms with Crippen molar-refractivity contribution >= 4 is 39.3 Å². The molecule has 2 aromatic rings. The van der Waals surface area contributed by atoms with E-state index in [2.05, 4.69) is 15.9 Å². The molecule has 0 bridgehead atoms. The van der Waals surface area contributed by atoms with E-state index in [0.717, 1.165) is 15.1 Å². The van der Waals surface area contributed by atoms with Crippen LogP contribution >= 0.6 is 27.7 Å². The van der Waals surface area contributed by atoms with E-state index >= 15 is 0 Å². The number of carbonyl (C=O) groups excluding carboxylic acids is 1. The second-order valence-electron chi connectivity index (χ2n) is 4.45. The van der Waals surface area contributed by atoms with Crippen molar-refractivity contribution < 1.29 is 4.79 Å². The van der Waals surface area contributed by atoms with Crippen molar-refractivity contribution in [3.05, 3.63) is 59.1 Å². The van der Waals surface area contributed by atoms with Crippen LogP contribution in [-0.4, -0.2) is 18.2 Å². The minimum atomic E-state index is -0.124. The van der Waals surface area contributed by atoms with E-state index in [1.54, 1.807) is 16.7 Å². The fourth-order valence-electron chi connectivity index (χ4n) is 1.82. The number of amides is 1. The smallest absolute Gasteiger partial charge is 0.239 e. The van der Waals surface area contributed by atoms with E-state index < -0.39 is 0 Å². The van der Waals surface area contributed by atoms with Gasteiger partial charge < -0.3 is 4.90 Å². The van der Waals surface area contributed by atoms with Gasteiger partial charge in [-0.3, -0.25) is 4.79 Å². The van der Waals surface area contributed by atoms with E-state index in [9.17, 15) is 4.79 Å². The predicted octanol–water partition coefficient (Wildman–Crippen LogP) is 4.59. The van der Waals surface area contributed by atoms with Crippen molar-refractivity contribution in [1.82, 2.24) is 0 Å². The lowest BCUT2D eigenvalue weighted by molar-refractivity contribution is -0.117.